The van der Waals surface area contributed by atoms with Gasteiger partial charge < -0.3 is 15.7 Å². The van der Waals surface area contributed by atoms with Crippen LogP contribution in [0.25, 0.3) is 0 Å². The highest BCUT2D eigenvalue weighted by molar-refractivity contribution is 7.99. The van der Waals surface area contributed by atoms with Crippen LogP contribution >= 0.6 is 11.8 Å². The number of carbonyl (C=O) groups excluding carboxylic acids is 1. The molecule has 0 aromatic heterocycles. The van der Waals surface area contributed by atoms with E-state index in [-0.39, 0.29) is 18.1 Å². The number of thioether (sulfide) groups is 1. The van der Waals surface area contributed by atoms with Gasteiger partial charge in [0.05, 0.1) is 12.1 Å². The van der Waals surface area contributed by atoms with Gasteiger partial charge in [-0.3, -0.25) is 4.79 Å². The van der Waals surface area contributed by atoms with Crippen molar-refractivity contribution in [2.45, 2.75) is 18.6 Å². The minimum absolute atomic E-state index is 0.00856. The lowest BCUT2D eigenvalue weighted by atomic mass is 10.2. The first-order valence-electron chi connectivity index (χ1n) is 5.12. The Morgan fingerprint density at radius 2 is 2.53 bits per heavy atom. The summed E-state index contributed by atoms with van der Waals surface area (Å²) in [6, 6.07) is -0.218. The molecule has 2 unspecified atom stereocenters. The second kappa shape index (κ2) is 6.87. The van der Waals surface area contributed by atoms with Crippen LogP contribution in [0.5, 0.6) is 0 Å². The highest BCUT2D eigenvalue weighted by Gasteiger charge is 2.27. The maximum absolute atomic E-state index is 11.5. The number of β-amino-alcohol motifs (C(OH)–C–C–N with tert-alkyl or cyclic N) is 1. The van der Waals surface area contributed by atoms with Crippen molar-refractivity contribution in [2.24, 2.45) is 0 Å². The summed E-state index contributed by atoms with van der Waals surface area (Å²) in [5, 5.41) is 15.0. The molecule has 0 radical (unpaired) electrons. The van der Waals surface area contributed by atoms with Crippen LogP contribution in [0.4, 0.5) is 0 Å². The molecule has 4 nitrogen and oxygen atoms in total. The van der Waals surface area contributed by atoms with Crippen LogP contribution in [0.2, 0.25) is 0 Å². The standard InChI is InChI=1S/C10H18N2O2S/c1-2-4-15-5-3-11-10(14)9-6-8(13)7-12-9/h2,8-9,12-13H,1,3-7H2,(H,11,14). The fourth-order valence-electron chi connectivity index (χ4n) is 1.45. The van der Waals surface area contributed by atoms with Gasteiger partial charge in [-0.25, -0.2) is 0 Å². The Hall–Kier alpha value is -0.520. The Balaban J connectivity index is 2.05. The van der Waals surface area contributed by atoms with Crippen molar-refractivity contribution >= 4 is 17.7 Å². The average molecular weight is 230 g/mol. The van der Waals surface area contributed by atoms with E-state index in [1.54, 1.807) is 11.8 Å². The Morgan fingerprint density at radius 1 is 1.73 bits per heavy atom. The summed E-state index contributed by atoms with van der Waals surface area (Å²) < 4.78 is 0. The van der Waals surface area contributed by atoms with Crippen LogP contribution in [0.1, 0.15) is 6.42 Å². The summed E-state index contributed by atoms with van der Waals surface area (Å²) in [6.07, 6.45) is 1.99. The minimum atomic E-state index is -0.379. The summed E-state index contributed by atoms with van der Waals surface area (Å²) in [7, 11) is 0. The molecule has 0 aromatic rings. The predicted octanol–water partition coefficient (Wildman–Crippen LogP) is -0.255. The highest BCUT2D eigenvalue weighted by Crippen LogP contribution is 2.06. The van der Waals surface area contributed by atoms with Gasteiger partial charge in [-0.1, -0.05) is 6.08 Å². The van der Waals surface area contributed by atoms with Gasteiger partial charge in [0.2, 0.25) is 5.91 Å². The van der Waals surface area contributed by atoms with Gasteiger partial charge in [0.1, 0.15) is 0 Å². The number of aliphatic hydroxyl groups excluding tert-OH is 1. The number of rotatable bonds is 6. The normalized spacial score (nSPS) is 25.1. The van der Waals surface area contributed by atoms with E-state index in [1.807, 2.05) is 6.08 Å². The zero-order valence-electron chi connectivity index (χ0n) is 8.74. The largest absolute Gasteiger partial charge is 0.392 e. The fraction of sp³-hybridized carbons (Fsp3) is 0.700. The highest BCUT2D eigenvalue weighted by atomic mass is 32.2. The summed E-state index contributed by atoms with van der Waals surface area (Å²) in [4.78, 5) is 11.5. The number of carbonyl (C=O) groups is 1. The van der Waals surface area contributed by atoms with Gasteiger partial charge in [-0.15, -0.1) is 6.58 Å². The number of amides is 1. The molecule has 1 heterocycles. The molecule has 0 bridgehead atoms. The van der Waals surface area contributed by atoms with E-state index in [2.05, 4.69) is 17.2 Å². The number of nitrogens with one attached hydrogen (secondary N) is 2. The second-order valence-electron chi connectivity index (χ2n) is 3.50. The topological polar surface area (TPSA) is 61.4 Å². The molecule has 1 saturated heterocycles. The van der Waals surface area contributed by atoms with Crippen molar-refractivity contribution in [1.82, 2.24) is 10.6 Å². The first kappa shape index (κ1) is 12.5. The van der Waals surface area contributed by atoms with Crippen LogP contribution in [0.3, 0.4) is 0 Å². The molecular weight excluding hydrogens is 212 g/mol. The Labute approximate surface area is 94.5 Å². The van der Waals surface area contributed by atoms with Crippen LogP contribution in [-0.2, 0) is 4.79 Å². The minimum Gasteiger partial charge on any atom is -0.392 e. The summed E-state index contributed by atoms with van der Waals surface area (Å²) in [6.45, 7) is 4.81. The molecule has 0 saturated carbocycles. The molecule has 0 aliphatic carbocycles. The van der Waals surface area contributed by atoms with Crippen molar-refractivity contribution in [1.29, 1.82) is 0 Å². The molecule has 1 amide bonds. The van der Waals surface area contributed by atoms with E-state index in [1.165, 1.54) is 0 Å². The van der Waals surface area contributed by atoms with Gasteiger partial charge in [0.15, 0.2) is 0 Å². The van der Waals surface area contributed by atoms with Crippen LogP contribution in [0.15, 0.2) is 12.7 Å². The van der Waals surface area contributed by atoms with E-state index in [4.69, 9.17) is 0 Å². The molecule has 1 fully saturated rings. The molecule has 15 heavy (non-hydrogen) atoms. The van der Waals surface area contributed by atoms with Gasteiger partial charge in [-0.05, 0) is 6.42 Å². The lowest BCUT2D eigenvalue weighted by molar-refractivity contribution is -0.122. The van der Waals surface area contributed by atoms with Crippen molar-refractivity contribution < 1.29 is 9.90 Å². The average Bonchev–Trinajstić information content (AvgIpc) is 2.64. The quantitative estimate of drug-likeness (QED) is 0.435. The molecular formula is C10H18N2O2S. The molecule has 0 spiro atoms. The monoisotopic (exact) mass is 230 g/mol. The van der Waals surface area contributed by atoms with Crippen molar-refractivity contribution in [3.8, 4) is 0 Å². The molecule has 3 N–H and O–H groups in total. The maximum atomic E-state index is 11.5. The van der Waals surface area contributed by atoms with Crippen LogP contribution in [-0.4, -0.2) is 47.8 Å². The van der Waals surface area contributed by atoms with Gasteiger partial charge >= 0.3 is 0 Å². The number of hydrogen-bond donors (Lipinski definition) is 3. The maximum Gasteiger partial charge on any atom is 0.237 e. The van der Waals surface area contributed by atoms with Gasteiger partial charge in [0.25, 0.3) is 0 Å². The Bertz CT molecular complexity index is 223. The van der Waals surface area contributed by atoms with Gasteiger partial charge in [0, 0.05) is 24.6 Å². The number of aliphatic hydroxyl groups is 1. The van der Waals surface area contributed by atoms with Crippen LogP contribution < -0.4 is 10.6 Å². The summed E-state index contributed by atoms with van der Waals surface area (Å²) in [5.41, 5.74) is 0. The predicted molar refractivity (Wildman–Crippen MR) is 62.9 cm³/mol. The third-order valence-electron chi connectivity index (χ3n) is 2.21. The SMILES string of the molecule is C=CCSCCNC(=O)C1CC(O)CN1. The van der Waals surface area contributed by atoms with E-state index < -0.39 is 0 Å². The van der Waals surface area contributed by atoms with Gasteiger partial charge in [-0.2, -0.15) is 11.8 Å². The zero-order valence-corrected chi connectivity index (χ0v) is 9.55. The first-order chi connectivity index (χ1) is 7.24. The Morgan fingerprint density at radius 3 is 3.13 bits per heavy atom. The van der Waals surface area contributed by atoms with Crippen molar-refractivity contribution in [2.75, 3.05) is 24.6 Å². The second-order valence-corrected chi connectivity index (χ2v) is 4.65. The van der Waals surface area contributed by atoms with Crippen molar-refractivity contribution in [3.05, 3.63) is 12.7 Å². The van der Waals surface area contributed by atoms with Crippen LogP contribution in [0, 0.1) is 0 Å². The zero-order chi connectivity index (χ0) is 11.1. The molecule has 1 aliphatic rings. The molecule has 1 rings (SSSR count). The molecule has 0 aromatic carbocycles. The lowest BCUT2D eigenvalue weighted by Gasteiger charge is -2.10. The molecule has 2 atom stereocenters. The smallest absolute Gasteiger partial charge is 0.237 e. The van der Waals surface area contributed by atoms with E-state index in [0.717, 1.165) is 11.5 Å². The van der Waals surface area contributed by atoms with Crippen molar-refractivity contribution in [3.63, 3.8) is 0 Å². The summed E-state index contributed by atoms with van der Waals surface area (Å²) >= 11 is 1.74. The van der Waals surface area contributed by atoms with E-state index in [9.17, 15) is 9.90 Å². The Kier molecular flexibility index (Phi) is 5.75. The third-order valence-corrected chi connectivity index (χ3v) is 3.17. The van der Waals surface area contributed by atoms with E-state index in [0.29, 0.717) is 19.5 Å². The molecule has 86 valence electrons. The fourth-order valence-corrected chi connectivity index (χ4v) is 2.03. The molecule has 1 aliphatic heterocycles. The first-order valence-corrected chi connectivity index (χ1v) is 6.27. The molecule has 5 heteroatoms. The van der Waals surface area contributed by atoms with E-state index >= 15 is 0 Å². The summed E-state index contributed by atoms with van der Waals surface area (Å²) in [5.74, 6) is 1.80. The third kappa shape index (κ3) is 4.68. The lowest BCUT2D eigenvalue weighted by Crippen LogP contribution is -2.41. The number of hydrogen-bond acceptors (Lipinski definition) is 4.